The van der Waals surface area contributed by atoms with Gasteiger partial charge in [0.15, 0.2) is 0 Å². The second-order valence-corrected chi connectivity index (χ2v) is 5.78. The molecule has 128 valence electrons. The number of amides is 1. The van der Waals surface area contributed by atoms with Crippen molar-refractivity contribution < 1.29 is 9.53 Å². The molecule has 0 saturated heterocycles. The van der Waals surface area contributed by atoms with Gasteiger partial charge in [0.1, 0.15) is 5.75 Å². The van der Waals surface area contributed by atoms with E-state index in [1.807, 2.05) is 65.0 Å². The van der Waals surface area contributed by atoms with Gasteiger partial charge in [-0.2, -0.15) is 0 Å². The minimum Gasteiger partial charge on any atom is -0.496 e. The first kappa shape index (κ1) is 21.3. The Morgan fingerprint density at radius 1 is 1.26 bits per heavy atom. The van der Waals surface area contributed by atoms with Crippen LogP contribution in [0.15, 0.2) is 40.3 Å². The molecule has 0 atom stereocenters. The van der Waals surface area contributed by atoms with Crippen molar-refractivity contribution in [2.45, 2.75) is 48.0 Å². The van der Waals surface area contributed by atoms with Gasteiger partial charge in [-0.1, -0.05) is 50.8 Å². The average Bonchev–Trinajstić information content (AvgIpc) is 2.61. The molecule has 1 amide bonds. The lowest BCUT2D eigenvalue weighted by Gasteiger charge is -2.12. The minimum atomic E-state index is -0.154. The number of hydrogen-bond acceptors (Lipinski definition) is 3. The van der Waals surface area contributed by atoms with Crippen LogP contribution >= 0.6 is 11.8 Å². The number of allylic oxidation sites excluding steroid dienone is 3. The molecule has 0 aliphatic heterocycles. The molecule has 0 radical (unpaired) electrons. The second kappa shape index (κ2) is 11.8. The molecule has 1 aromatic carbocycles. The van der Waals surface area contributed by atoms with E-state index < -0.39 is 0 Å². The Bertz CT molecular complexity index is 562. The summed E-state index contributed by atoms with van der Waals surface area (Å²) in [5, 5.41) is 3.74. The summed E-state index contributed by atoms with van der Waals surface area (Å²) >= 11 is 1.54. The zero-order valence-electron chi connectivity index (χ0n) is 15.3. The van der Waals surface area contributed by atoms with Crippen LogP contribution in [0.5, 0.6) is 5.75 Å². The van der Waals surface area contributed by atoms with Crippen LogP contribution in [0.4, 0.5) is 0 Å². The molecule has 3 nitrogen and oxygen atoms in total. The number of carbonyl (C=O) groups is 1. The summed E-state index contributed by atoms with van der Waals surface area (Å²) in [6.07, 6.45) is 4.81. The van der Waals surface area contributed by atoms with E-state index in [1.165, 1.54) is 11.8 Å². The Kier molecular flexibility index (Phi) is 11.0. The largest absolute Gasteiger partial charge is 0.496 e. The number of benzene rings is 1. The van der Waals surface area contributed by atoms with Gasteiger partial charge >= 0.3 is 0 Å². The summed E-state index contributed by atoms with van der Waals surface area (Å²) in [5.41, 5.74) is 1.70. The molecule has 0 unspecified atom stereocenters. The maximum atomic E-state index is 12.4. The van der Waals surface area contributed by atoms with E-state index in [2.05, 4.69) is 12.2 Å². The monoisotopic (exact) mass is 335 g/mol. The van der Waals surface area contributed by atoms with Crippen molar-refractivity contribution in [3.63, 3.8) is 0 Å². The fourth-order valence-electron chi connectivity index (χ4n) is 1.71. The molecule has 23 heavy (non-hydrogen) atoms. The fourth-order valence-corrected chi connectivity index (χ4v) is 2.44. The lowest BCUT2D eigenvalue weighted by atomic mass is 10.1. The molecule has 0 aliphatic rings. The SMILES string of the molecule is C/C=C(/C)S/C(=C\C)NC(=O)c1ccc(CC)cc1OC.CC. The van der Waals surface area contributed by atoms with Crippen LogP contribution < -0.4 is 10.1 Å². The van der Waals surface area contributed by atoms with Crippen LogP contribution in [-0.4, -0.2) is 13.0 Å². The maximum Gasteiger partial charge on any atom is 0.259 e. The van der Waals surface area contributed by atoms with Gasteiger partial charge in [0.05, 0.1) is 17.7 Å². The Balaban J connectivity index is 0.00000232. The highest BCUT2D eigenvalue weighted by atomic mass is 32.2. The first-order valence-electron chi connectivity index (χ1n) is 8.01. The molecular formula is C19H29NO2S. The third-order valence-corrected chi connectivity index (χ3v) is 4.21. The molecule has 0 bridgehead atoms. The van der Waals surface area contributed by atoms with Gasteiger partial charge in [-0.3, -0.25) is 4.79 Å². The number of rotatable bonds is 6. The van der Waals surface area contributed by atoms with E-state index in [0.29, 0.717) is 11.3 Å². The molecular weight excluding hydrogens is 306 g/mol. The third kappa shape index (κ3) is 6.95. The predicted octanol–water partition coefficient (Wildman–Crippen LogP) is 5.53. The summed E-state index contributed by atoms with van der Waals surface area (Å²) in [5.74, 6) is 0.453. The van der Waals surface area contributed by atoms with Gasteiger partial charge in [0, 0.05) is 0 Å². The number of ether oxygens (including phenoxy) is 1. The number of nitrogens with one attached hydrogen (secondary N) is 1. The van der Waals surface area contributed by atoms with Crippen molar-refractivity contribution in [1.29, 1.82) is 0 Å². The summed E-state index contributed by atoms with van der Waals surface area (Å²) in [6.45, 7) is 12.0. The third-order valence-electron chi connectivity index (χ3n) is 3.10. The van der Waals surface area contributed by atoms with Crippen molar-refractivity contribution in [3.8, 4) is 5.75 Å². The molecule has 0 spiro atoms. The number of hydrogen-bond donors (Lipinski definition) is 1. The Morgan fingerprint density at radius 2 is 1.91 bits per heavy atom. The van der Waals surface area contributed by atoms with Gasteiger partial charge in [0.2, 0.25) is 0 Å². The van der Waals surface area contributed by atoms with Gasteiger partial charge in [-0.15, -0.1) is 0 Å². The smallest absolute Gasteiger partial charge is 0.259 e. The van der Waals surface area contributed by atoms with E-state index in [4.69, 9.17) is 4.74 Å². The molecule has 1 rings (SSSR count). The molecule has 0 aromatic heterocycles. The van der Waals surface area contributed by atoms with E-state index in [9.17, 15) is 4.79 Å². The van der Waals surface area contributed by atoms with Crippen molar-refractivity contribution in [3.05, 3.63) is 51.4 Å². The lowest BCUT2D eigenvalue weighted by Crippen LogP contribution is -2.22. The van der Waals surface area contributed by atoms with Crippen LogP contribution in [0.25, 0.3) is 0 Å². The molecule has 4 heteroatoms. The van der Waals surface area contributed by atoms with Crippen LogP contribution in [0.2, 0.25) is 0 Å². The summed E-state index contributed by atoms with van der Waals surface area (Å²) < 4.78 is 5.33. The van der Waals surface area contributed by atoms with Gasteiger partial charge in [0.25, 0.3) is 5.91 Å². The van der Waals surface area contributed by atoms with E-state index in [-0.39, 0.29) is 5.91 Å². The highest BCUT2D eigenvalue weighted by Gasteiger charge is 2.14. The molecule has 0 fully saturated rings. The first-order valence-corrected chi connectivity index (χ1v) is 8.82. The average molecular weight is 336 g/mol. The molecule has 1 aromatic rings. The zero-order chi connectivity index (χ0) is 17.8. The highest BCUT2D eigenvalue weighted by molar-refractivity contribution is 8.06. The van der Waals surface area contributed by atoms with E-state index in [1.54, 1.807) is 7.11 Å². The Morgan fingerprint density at radius 3 is 2.39 bits per heavy atom. The summed E-state index contributed by atoms with van der Waals surface area (Å²) in [6, 6.07) is 5.68. The standard InChI is InChI=1S/C17H23NO2S.C2H6/c1-6-12(4)21-16(8-3)18-17(19)14-10-9-13(7-2)11-15(14)20-5;1-2/h6,8-11H,7H2,1-5H3,(H,18,19);1-2H3/b12-6-,16-8-;. The van der Waals surface area contributed by atoms with Gasteiger partial charge in [-0.05, 0) is 49.8 Å². The molecule has 0 heterocycles. The molecule has 0 saturated carbocycles. The minimum absolute atomic E-state index is 0.154. The Hall–Kier alpha value is -1.68. The normalized spacial score (nSPS) is 11.4. The number of thioether (sulfide) groups is 1. The van der Waals surface area contributed by atoms with Gasteiger partial charge < -0.3 is 10.1 Å². The molecule has 1 N–H and O–H groups in total. The van der Waals surface area contributed by atoms with Gasteiger partial charge in [-0.25, -0.2) is 0 Å². The van der Waals surface area contributed by atoms with Crippen molar-refractivity contribution in [2.24, 2.45) is 0 Å². The van der Waals surface area contributed by atoms with E-state index in [0.717, 1.165) is 21.9 Å². The summed E-state index contributed by atoms with van der Waals surface area (Å²) in [4.78, 5) is 13.5. The van der Waals surface area contributed by atoms with Crippen molar-refractivity contribution >= 4 is 17.7 Å². The summed E-state index contributed by atoms with van der Waals surface area (Å²) in [7, 11) is 1.58. The number of methoxy groups -OCH3 is 1. The number of carbonyl (C=O) groups excluding carboxylic acids is 1. The van der Waals surface area contributed by atoms with Crippen LogP contribution in [-0.2, 0) is 6.42 Å². The zero-order valence-corrected chi connectivity index (χ0v) is 16.1. The van der Waals surface area contributed by atoms with Crippen LogP contribution in [0.3, 0.4) is 0 Å². The second-order valence-electron chi connectivity index (χ2n) is 4.50. The molecule has 0 aliphatic carbocycles. The maximum absolute atomic E-state index is 12.4. The predicted molar refractivity (Wildman–Crippen MR) is 102 cm³/mol. The Labute approximate surface area is 145 Å². The van der Waals surface area contributed by atoms with Crippen LogP contribution in [0, 0.1) is 0 Å². The topological polar surface area (TPSA) is 38.3 Å². The van der Waals surface area contributed by atoms with Crippen molar-refractivity contribution in [1.82, 2.24) is 5.32 Å². The highest BCUT2D eigenvalue weighted by Crippen LogP contribution is 2.25. The van der Waals surface area contributed by atoms with E-state index >= 15 is 0 Å². The van der Waals surface area contributed by atoms with Crippen LogP contribution in [0.1, 0.15) is 57.5 Å². The first-order chi connectivity index (χ1) is 11.0. The lowest BCUT2D eigenvalue weighted by molar-refractivity contribution is 0.0966. The number of aryl methyl sites for hydroxylation is 1. The van der Waals surface area contributed by atoms with Crippen molar-refractivity contribution in [2.75, 3.05) is 7.11 Å². The fraction of sp³-hybridized carbons (Fsp3) is 0.421. The quantitative estimate of drug-likeness (QED) is 0.742.